The van der Waals surface area contributed by atoms with Crippen molar-refractivity contribution >= 4 is 32.5 Å². The summed E-state index contributed by atoms with van der Waals surface area (Å²) >= 11 is 3.60. The molecule has 0 bridgehead atoms. The lowest BCUT2D eigenvalue weighted by atomic mass is 10.1. The van der Waals surface area contributed by atoms with E-state index in [1.165, 1.54) is 6.33 Å². The summed E-state index contributed by atoms with van der Waals surface area (Å²) < 4.78 is 6.79. The predicted molar refractivity (Wildman–Crippen MR) is 87.9 cm³/mol. The summed E-state index contributed by atoms with van der Waals surface area (Å²) in [5, 5.41) is 5.40. The molecule has 0 spiro atoms. The SMILES string of the molecule is CCNc1cc(Oc2ccc3ccccc3c2Br)ncn1. The number of hydrogen-bond donors (Lipinski definition) is 1. The Balaban J connectivity index is 1.94. The molecule has 106 valence electrons. The maximum atomic E-state index is 5.87. The topological polar surface area (TPSA) is 47.0 Å². The zero-order valence-electron chi connectivity index (χ0n) is 11.5. The van der Waals surface area contributed by atoms with Gasteiger partial charge in [0.25, 0.3) is 0 Å². The second kappa shape index (κ2) is 6.10. The molecule has 0 unspecified atom stereocenters. The Labute approximate surface area is 131 Å². The summed E-state index contributed by atoms with van der Waals surface area (Å²) in [6.07, 6.45) is 1.49. The lowest BCUT2D eigenvalue weighted by Gasteiger charge is -2.10. The maximum Gasteiger partial charge on any atom is 0.224 e. The van der Waals surface area contributed by atoms with Gasteiger partial charge in [0.2, 0.25) is 5.88 Å². The van der Waals surface area contributed by atoms with Crippen molar-refractivity contribution in [3.8, 4) is 11.6 Å². The first-order valence-electron chi connectivity index (χ1n) is 6.69. The molecule has 0 aliphatic heterocycles. The number of nitrogens with one attached hydrogen (secondary N) is 1. The molecule has 3 rings (SSSR count). The van der Waals surface area contributed by atoms with Gasteiger partial charge < -0.3 is 10.1 Å². The fraction of sp³-hybridized carbons (Fsp3) is 0.125. The van der Waals surface area contributed by atoms with E-state index < -0.39 is 0 Å². The summed E-state index contributed by atoms with van der Waals surface area (Å²) in [6.45, 7) is 2.82. The van der Waals surface area contributed by atoms with E-state index >= 15 is 0 Å². The molecule has 0 aliphatic carbocycles. The smallest absolute Gasteiger partial charge is 0.224 e. The molecular weight excluding hydrogens is 330 g/mol. The quantitative estimate of drug-likeness (QED) is 0.750. The number of nitrogens with zero attached hydrogens (tertiary/aromatic N) is 2. The Morgan fingerprint density at radius 3 is 2.86 bits per heavy atom. The molecule has 1 heterocycles. The molecule has 4 nitrogen and oxygen atoms in total. The Morgan fingerprint density at radius 1 is 1.14 bits per heavy atom. The highest BCUT2D eigenvalue weighted by atomic mass is 79.9. The third-order valence-corrected chi connectivity index (χ3v) is 3.86. The van der Waals surface area contributed by atoms with Crippen molar-refractivity contribution in [1.29, 1.82) is 0 Å². The number of aromatic nitrogens is 2. The Hall–Kier alpha value is -2.14. The molecule has 0 saturated heterocycles. The highest BCUT2D eigenvalue weighted by Crippen LogP contribution is 2.35. The van der Waals surface area contributed by atoms with E-state index in [2.05, 4.69) is 43.3 Å². The van der Waals surface area contributed by atoms with Gasteiger partial charge in [-0.3, -0.25) is 0 Å². The van der Waals surface area contributed by atoms with Gasteiger partial charge in [-0.1, -0.05) is 30.3 Å². The average molecular weight is 344 g/mol. The molecule has 21 heavy (non-hydrogen) atoms. The molecule has 0 amide bonds. The van der Waals surface area contributed by atoms with Gasteiger partial charge in [0, 0.05) is 12.6 Å². The van der Waals surface area contributed by atoms with Gasteiger partial charge in [-0.05, 0) is 39.7 Å². The van der Waals surface area contributed by atoms with Crippen LogP contribution in [-0.2, 0) is 0 Å². The molecule has 0 saturated carbocycles. The van der Waals surface area contributed by atoms with Gasteiger partial charge in [0.05, 0.1) is 4.47 Å². The van der Waals surface area contributed by atoms with Gasteiger partial charge in [0.1, 0.15) is 17.9 Å². The monoisotopic (exact) mass is 343 g/mol. The minimum atomic E-state index is 0.511. The normalized spacial score (nSPS) is 10.6. The van der Waals surface area contributed by atoms with Crippen molar-refractivity contribution < 1.29 is 4.74 Å². The van der Waals surface area contributed by atoms with Crippen LogP contribution < -0.4 is 10.1 Å². The van der Waals surface area contributed by atoms with Crippen molar-refractivity contribution in [1.82, 2.24) is 9.97 Å². The van der Waals surface area contributed by atoms with Crippen LogP contribution in [0.25, 0.3) is 10.8 Å². The highest BCUT2D eigenvalue weighted by molar-refractivity contribution is 9.10. The number of fused-ring (bicyclic) bond motifs is 1. The molecule has 0 aliphatic rings. The molecule has 1 N–H and O–H groups in total. The largest absolute Gasteiger partial charge is 0.438 e. The zero-order chi connectivity index (χ0) is 14.7. The van der Waals surface area contributed by atoms with E-state index in [9.17, 15) is 0 Å². The number of benzene rings is 2. The number of hydrogen-bond acceptors (Lipinski definition) is 4. The standard InChI is InChI=1S/C16H14BrN3O/c1-2-18-14-9-15(20-10-19-14)21-13-8-7-11-5-3-4-6-12(11)16(13)17/h3-10H,2H2,1H3,(H,18,19,20). The zero-order valence-corrected chi connectivity index (χ0v) is 13.1. The molecule has 2 aromatic carbocycles. The maximum absolute atomic E-state index is 5.87. The van der Waals surface area contributed by atoms with E-state index in [0.717, 1.165) is 33.4 Å². The molecule has 0 radical (unpaired) electrons. The van der Waals surface area contributed by atoms with Crippen LogP contribution in [0.5, 0.6) is 11.6 Å². The highest BCUT2D eigenvalue weighted by Gasteiger charge is 2.08. The molecule has 0 atom stereocenters. The second-order valence-corrected chi connectivity index (χ2v) is 5.27. The summed E-state index contributed by atoms with van der Waals surface area (Å²) in [7, 11) is 0. The van der Waals surface area contributed by atoms with Crippen molar-refractivity contribution in [2.75, 3.05) is 11.9 Å². The van der Waals surface area contributed by atoms with Gasteiger partial charge in [-0.2, -0.15) is 0 Å². The van der Waals surface area contributed by atoms with Crippen LogP contribution in [0.1, 0.15) is 6.92 Å². The summed E-state index contributed by atoms with van der Waals surface area (Å²) in [5.74, 6) is 1.99. The predicted octanol–water partition coefficient (Wildman–Crippen LogP) is 4.62. The number of halogens is 1. The Morgan fingerprint density at radius 2 is 2.00 bits per heavy atom. The van der Waals surface area contributed by atoms with Gasteiger partial charge in [0.15, 0.2) is 0 Å². The van der Waals surface area contributed by atoms with Crippen molar-refractivity contribution in [3.05, 3.63) is 53.3 Å². The van der Waals surface area contributed by atoms with Gasteiger partial charge in [-0.15, -0.1) is 0 Å². The fourth-order valence-electron chi connectivity index (χ4n) is 2.08. The van der Waals surface area contributed by atoms with Crippen LogP contribution in [0.3, 0.4) is 0 Å². The summed E-state index contributed by atoms with van der Waals surface area (Å²) in [4.78, 5) is 8.27. The minimum absolute atomic E-state index is 0.511. The first-order chi connectivity index (χ1) is 10.3. The second-order valence-electron chi connectivity index (χ2n) is 4.47. The lowest BCUT2D eigenvalue weighted by Crippen LogP contribution is -2.00. The molecule has 0 fully saturated rings. The van der Waals surface area contributed by atoms with Crippen LogP contribution in [0.4, 0.5) is 5.82 Å². The van der Waals surface area contributed by atoms with E-state index in [1.54, 1.807) is 6.07 Å². The minimum Gasteiger partial charge on any atom is -0.438 e. The molecule has 3 aromatic rings. The van der Waals surface area contributed by atoms with E-state index in [1.807, 2.05) is 31.2 Å². The van der Waals surface area contributed by atoms with Crippen molar-refractivity contribution in [3.63, 3.8) is 0 Å². The Bertz CT molecular complexity index is 776. The molecule has 5 heteroatoms. The Kier molecular flexibility index (Phi) is 4.01. The van der Waals surface area contributed by atoms with Crippen LogP contribution in [0, 0.1) is 0 Å². The van der Waals surface area contributed by atoms with Gasteiger partial charge >= 0.3 is 0 Å². The van der Waals surface area contributed by atoms with Gasteiger partial charge in [-0.25, -0.2) is 9.97 Å². The number of rotatable bonds is 4. The number of anilines is 1. The lowest BCUT2D eigenvalue weighted by molar-refractivity contribution is 0.460. The summed E-state index contributed by atoms with van der Waals surface area (Å²) in [5.41, 5.74) is 0. The van der Waals surface area contributed by atoms with Crippen LogP contribution >= 0.6 is 15.9 Å². The van der Waals surface area contributed by atoms with E-state index in [4.69, 9.17) is 4.74 Å². The van der Waals surface area contributed by atoms with E-state index in [-0.39, 0.29) is 0 Å². The number of ether oxygens (including phenoxy) is 1. The average Bonchev–Trinajstić information content (AvgIpc) is 2.51. The third kappa shape index (κ3) is 2.97. The van der Waals surface area contributed by atoms with E-state index in [0.29, 0.717) is 5.88 Å². The summed E-state index contributed by atoms with van der Waals surface area (Å²) in [6, 6.07) is 13.9. The van der Waals surface area contributed by atoms with Crippen molar-refractivity contribution in [2.24, 2.45) is 0 Å². The van der Waals surface area contributed by atoms with Crippen LogP contribution in [-0.4, -0.2) is 16.5 Å². The molecular formula is C16H14BrN3O. The van der Waals surface area contributed by atoms with Crippen LogP contribution in [0.2, 0.25) is 0 Å². The first kappa shape index (κ1) is 13.8. The molecule has 1 aromatic heterocycles. The fourth-order valence-corrected chi connectivity index (χ4v) is 2.65. The van der Waals surface area contributed by atoms with Crippen molar-refractivity contribution in [2.45, 2.75) is 6.92 Å². The third-order valence-electron chi connectivity index (χ3n) is 3.04. The van der Waals surface area contributed by atoms with Crippen LogP contribution in [0.15, 0.2) is 53.3 Å². The first-order valence-corrected chi connectivity index (χ1v) is 7.48.